The van der Waals surface area contributed by atoms with Gasteiger partial charge in [0.15, 0.2) is 5.75 Å². The van der Waals surface area contributed by atoms with Crippen molar-refractivity contribution in [2.75, 3.05) is 10.8 Å². The van der Waals surface area contributed by atoms with Crippen LogP contribution in [0.2, 0.25) is 0 Å². The topological polar surface area (TPSA) is 83.9 Å². The number of aliphatic carboxylic acids is 1. The number of ether oxygens (including phenoxy) is 1. The quantitative estimate of drug-likeness (QED) is 0.672. The lowest BCUT2D eigenvalue weighted by molar-refractivity contribution is -0.135. The van der Waals surface area contributed by atoms with Gasteiger partial charge in [-0.1, -0.05) is 48.5 Å². The number of benzene rings is 3. The summed E-state index contributed by atoms with van der Waals surface area (Å²) < 4.78 is 32.8. The lowest BCUT2D eigenvalue weighted by Gasteiger charge is -2.24. The molecule has 0 fully saturated rings. The summed E-state index contributed by atoms with van der Waals surface area (Å²) in [6.45, 7) is -0.730. The monoisotopic (exact) mass is 383 g/mol. The number of anilines is 1. The number of carbonyl (C=O) groups is 1. The Kier molecular flexibility index (Phi) is 5.42. The molecule has 0 radical (unpaired) electrons. The summed E-state index contributed by atoms with van der Waals surface area (Å²) in [5, 5.41) is 9.29. The fourth-order valence-electron chi connectivity index (χ4n) is 2.51. The molecule has 138 valence electrons. The maximum Gasteiger partial charge on any atom is 0.324 e. The molecule has 0 spiro atoms. The average Bonchev–Trinajstić information content (AvgIpc) is 2.68. The van der Waals surface area contributed by atoms with Crippen molar-refractivity contribution >= 4 is 21.7 Å². The lowest BCUT2D eigenvalue weighted by Crippen LogP contribution is -2.36. The summed E-state index contributed by atoms with van der Waals surface area (Å²) in [5.74, 6) is -0.522. The molecular weight excluding hydrogens is 366 g/mol. The van der Waals surface area contributed by atoms with E-state index in [0.717, 1.165) is 4.31 Å². The number of sulfonamides is 1. The first-order valence-corrected chi connectivity index (χ1v) is 9.54. The molecule has 0 aromatic heterocycles. The lowest BCUT2D eigenvalue weighted by atomic mass is 10.3. The van der Waals surface area contributed by atoms with E-state index in [2.05, 4.69) is 0 Å². The SMILES string of the molecule is O=C(O)CN(c1ccccc1Oc1ccccc1)S(=O)(=O)c1ccccc1. The second-order valence-electron chi connectivity index (χ2n) is 5.60. The predicted molar refractivity (Wildman–Crippen MR) is 102 cm³/mol. The molecule has 0 saturated heterocycles. The Morgan fingerprint density at radius 1 is 0.852 bits per heavy atom. The van der Waals surface area contributed by atoms with E-state index in [1.807, 2.05) is 6.07 Å². The number of para-hydroxylation sites is 3. The maximum absolute atomic E-state index is 13.1. The molecule has 1 N–H and O–H groups in total. The first-order valence-electron chi connectivity index (χ1n) is 8.10. The van der Waals surface area contributed by atoms with Crippen LogP contribution in [-0.4, -0.2) is 26.0 Å². The molecule has 3 aromatic carbocycles. The largest absolute Gasteiger partial charge is 0.480 e. The Hall–Kier alpha value is -3.32. The zero-order chi connectivity index (χ0) is 19.3. The number of hydrogen-bond acceptors (Lipinski definition) is 4. The van der Waals surface area contributed by atoms with Gasteiger partial charge in [0.25, 0.3) is 10.0 Å². The summed E-state index contributed by atoms with van der Waals surface area (Å²) in [4.78, 5) is 11.4. The highest BCUT2D eigenvalue weighted by molar-refractivity contribution is 7.92. The third-order valence-corrected chi connectivity index (χ3v) is 5.49. The predicted octanol–water partition coefficient (Wildman–Crippen LogP) is 3.76. The van der Waals surface area contributed by atoms with E-state index in [-0.39, 0.29) is 16.3 Å². The van der Waals surface area contributed by atoms with Crippen molar-refractivity contribution in [3.8, 4) is 11.5 Å². The summed E-state index contributed by atoms with van der Waals surface area (Å²) in [6.07, 6.45) is 0. The fraction of sp³-hybridized carbons (Fsp3) is 0.0500. The van der Waals surface area contributed by atoms with Crippen LogP contribution in [0.3, 0.4) is 0 Å². The molecule has 0 aliphatic carbocycles. The molecule has 0 amide bonds. The molecular formula is C20H17NO5S. The molecule has 3 aromatic rings. The fourth-order valence-corrected chi connectivity index (χ4v) is 3.95. The van der Waals surface area contributed by atoms with Crippen LogP contribution in [0.5, 0.6) is 11.5 Å². The minimum absolute atomic E-state index is 0.000708. The zero-order valence-corrected chi connectivity index (χ0v) is 15.0. The Bertz CT molecular complexity index is 1020. The molecule has 0 aliphatic heterocycles. The number of hydrogen-bond donors (Lipinski definition) is 1. The molecule has 3 rings (SSSR count). The molecule has 0 bridgehead atoms. The van der Waals surface area contributed by atoms with Crippen molar-refractivity contribution in [2.45, 2.75) is 4.90 Å². The maximum atomic E-state index is 13.1. The molecule has 0 aliphatic rings. The van der Waals surface area contributed by atoms with E-state index in [0.29, 0.717) is 5.75 Å². The van der Waals surface area contributed by atoms with Crippen molar-refractivity contribution in [1.29, 1.82) is 0 Å². The van der Waals surface area contributed by atoms with Crippen molar-refractivity contribution in [1.82, 2.24) is 0 Å². The van der Waals surface area contributed by atoms with E-state index in [1.165, 1.54) is 18.2 Å². The van der Waals surface area contributed by atoms with Crippen LogP contribution in [0.1, 0.15) is 0 Å². The summed E-state index contributed by atoms with van der Waals surface area (Å²) in [6, 6.07) is 23.0. The summed E-state index contributed by atoms with van der Waals surface area (Å²) in [5.41, 5.74) is 0.146. The second-order valence-corrected chi connectivity index (χ2v) is 7.46. The van der Waals surface area contributed by atoms with Crippen LogP contribution >= 0.6 is 0 Å². The minimum Gasteiger partial charge on any atom is -0.480 e. The average molecular weight is 383 g/mol. The van der Waals surface area contributed by atoms with E-state index in [4.69, 9.17) is 4.74 Å². The second kappa shape index (κ2) is 7.92. The molecule has 6 nitrogen and oxygen atoms in total. The van der Waals surface area contributed by atoms with Gasteiger partial charge in [-0.25, -0.2) is 8.42 Å². The Morgan fingerprint density at radius 3 is 2.04 bits per heavy atom. The molecule has 0 saturated carbocycles. The van der Waals surface area contributed by atoms with Crippen LogP contribution in [0.4, 0.5) is 5.69 Å². The van der Waals surface area contributed by atoms with Gasteiger partial charge in [0.1, 0.15) is 12.3 Å². The van der Waals surface area contributed by atoms with Gasteiger partial charge in [0.2, 0.25) is 0 Å². The van der Waals surface area contributed by atoms with Crippen LogP contribution < -0.4 is 9.04 Å². The number of carboxylic acids is 1. The van der Waals surface area contributed by atoms with E-state index >= 15 is 0 Å². The van der Waals surface area contributed by atoms with Gasteiger partial charge in [0, 0.05) is 0 Å². The zero-order valence-electron chi connectivity index (χ0n) is 14.2. The van der Waals surface area contributed by atoms with Gasteiger partial charge in [-0.05, 0) is 36.4 Å². The highest BCUT2D eigenvalue weighted by Crippen LogP contribution is 2.35. The number of nitrogens with zero attached hydrogens (tertiary/aromatic N) is 1. The summed E-state index contributed by atoms with van der Waals surface area (Å²) in [7, 11) is -4.09. The van der Waals surface area contributed by atoms with Crippen molar-refractivity contribution in [2.24, 2.45) is 0 Å². The Morgan fingerprint density at radius 2 is 1.41 bits per heavy atom. The highest BCUT2D eigenvalue weighted by Gasteiger charge is 2.29. The first-order chi connectivity index (χ1) is 13.0. The van der Waals surface area contributed by atoms with Crippen molar-refractivity contribution < 1.29 is 23.1 Å². The van der Waals surface area contributed by atoms with E-state index < -0.39 is 22.5 Å². The van der Waals surface area contributed by atoms with Crippen LogP contribution in [0.25, 0.3) is 0 Å². The van der Waals surface area contributed by atoms with Gasteiger partial charge in [0.05, 0.1) is 10.6 Å². The first kappa shape index (κ1) is 18.5. The van der Waals surface area contributed by atoms with Crippen molar-refractivity contribution in [3.63, 3.8) is 0 Å². The molecule has 0 unspecified atom stereocenters. The van der Waals surface area contributed by atoms with Crippen LogP contribution in [0, 0.1) is 0 Å². The minimum atomic E-state index is -4.09. The Balaban J connectivity index is 2.08. The van der Waals surface area contributed by atoms with Gasteiger partial charge in [-0.15, -0.1) is 0 Å². The third kappa shape index (κ3) is 4.27. The van der Waals surface area contributed by atoms with E-state index in [1.54, 1.807) is 60.7 Å². The molecule has 27 heavy (non-hydrogen) atoms. The Labute approximate surface area is 157 Å². The third-order valence-electron chi connectivity index (χ3n) is 3.72. The number of carboxylic acid groups (broad SMARTS) is 1. The number of rotatable bonds is 7. The van der Waals surface area contributed by atoms with Gasteiger partial charge in [-0.2, -0.15) is 0 Å². The normalized spacial score (nSPS) is 11.0. The van der Waals surface area contributed by atoms with Crippen LogP contribution in [-0.2, 0) is 14.8 Å². The molecule has 0 heterocycles. The van der Waals surface area contributed by atoms with Crippen LogP contribution in [0.15, 0.2) is 89.8 Å². The molecule has 7 heteroatoms. The van der Waals surface area contributed by atoms with Gasteiger partial charge < -0.3 is 9.84 Å². The van der Waals surface area contributed by atoms with Gasteiger partial charge in [-0.3, -0.25) is 9.10 Å². The molecule has 0 atom stereocenters. The van der Waals surface area contributed by atoms with Gasteiger partial charge >= 0.3 is 5.97 Å². The smallest absolute Gasteiger partial charge is 0.324 e. The summed E-state index contributed by atoms with van der Waals surface area (Å²) >= 11 is 0. The standard InChI is InChI=1S/C20H17NO5S/c22-20(23)15-21(27(24,25)17-11-5-2-6-12-17)18-13-7-8-14-19(18)26-16-9-3-1-4-10-16/h1-14H,15H2,(H,22,23). The van der Waals surface area contributed by atoms with Crippen molar-refractivity contribution in [3.05, 3.63) is 84.9 Å². The highest BCUT2D eigenvalue weighted by atomic mass is 32.2. The van der Waals surface area contributed by atoms with E-state index in [9.17, 15) is 18.3 Å².